The molecule has 0 saturated heterocycles. The van der Waals surface area contributed by atoms with E-state index in [9.17, 15) is 13.2 Å². The molecule has 40 heavy (non-hydrogen) atoms. The number of para-hydroxylation sites is 1. The Bertz CT molecular complexity index is 1520. The Kier molecular flexibility index (Phi) is 9.60. The summed E-state index contributed by atoms with van der Waals surface area (Å²) in [4.78, 5) is 20.6. The highest BCUT2D eigenvalue weighted by Gasteiger charge is 2.27. The predicted octanol–water partition coefficient (Wildman–Crippen LogP) is 6.84. The summed E-state index contributed by atoms with van der Waals surface area (Å²) in [5.41, 5.74) is 2.06. The fourth-order valence-electron chi connectivity index (χ4n) is 4.45. The second kappa shape index (κ2) is 12.9. The van der Waals surface area contributed by atoms with Gasteiger partial charge in [-0.2, -0.15) is 4.31 Å². The van der Waals surface area contributed by atoms with Gasteiger partial charge < -0.3 is 4.74 Å². The van der Waals surface area contributed by atoms with Crippen LogP contribution in [0.25, 0.3) is 10.2 Å². The standard InChI is InChI=1S/C31H37N3O4S2/c1-6-38-27-13-10-14-28-29(27)32-31(39-28)34(21-24-11-8-7-9-12-24)30(35)25-15-17-26(18-16-25)40(36,37)33(19-22(2)3)20-23(4)5/h7-18,22-23H,6,19-21H2,1-5H3. The van der Waals surface area contributed by atoms with E-state index in [1.807, 2.05) is 83.1 Å². The van der Waals surface area contributed by atoms with Gasteiger partial charge >= 0.3 is 0 Å². The van der Waals surface area contributed by atoms with Crippen molar-refractivity contribution >= 4 is 42.6 Å². The highest BCUT2D eigenvalue weighted by Crippen LogP contribution is 2.35. The topological polar surface area (TPSA) is 79.8 Å². The SMILES string of the molecule is CCOc1cccc2sc(N(Cc3ccccc3)C(=O)c3ccc(S(=O)(=O)N(CC(C)C)CC(C)C)cc3)nc12. The molecule has 4 aromatic rings. The Balaban J connectivity index is 1.69. The molecule has 0 N–H and O–H groups in total. The first-order chi connectivity index (χ1) is 19.1. The van der Waals surface area contributed by atoms with Gasteiger partial charge in [0, 0.05) is 18.7 Å². The maximum atomic E-state index is 13.9. The second-order valence-corrected chi connectivity index (χ2v) is 13.5. The Morgan fingerprint density at radius 3 is 2.15 bits per heavy atom. The lowest BCUT2D eigenvalue weighted by Gasteiger charge is -2.26. The summed E-state index contributed by atoms with van der Waals surface area (Å²) in [5, 5.41) is 0.549. The number of aromatic nitrogens is 1. The van der Waals surface area contributed by atoms with Crippen molar-refractivity contribution in [1.82, 2.24) is 9.29 Å². The average Bonchev–Trinajstić information content (AvgIpc) is 3.36. The number of ether oxygens (including phenoxy) is 1. The summed E-state index contributed by atoms with van der Waals surface area (Å²) in [5.74, 6) is 0.804. The normalized spacial score (nSPS) is 12.0. The van der Waals surface area contributed by atoms with E-state index in [0.717, 1.165) is 10.3 Å². The summed E-state index contributed by atoms with van der Waals surface area (Å²) in [6.45, 7) is 11.7. The van der Waals surface area contributed by atoms with Crippen LogP contribution < -0.4 is 9.64 Å². The van der Waals surface area contributed by atoms with Crippen molar-refractivity contribution in [2.75, 3.05) is 24.6 Å². The number of nitrogens with zero attached hydrogens (tertiary/aromatic N) is 3. The van der Waals surface area contributed by atoms with Gasteiger partial charge in [-0.25, -0.2) is 13.4 Å². The van der Waals surface area contributed by atoms with Crippen molar-refractivity contribution in [3.63, 3.8) is 0 Å². The number of carbonyl (C=O) groups excluding carboxylic acids is 1. The van der Waals surface area contributed by atoms with E-state index in [2.05, 4.69) is 0 Å². The number of hydrogen-bond acceptors (Lipinski definition) is 6. The molecule has 0 aliphatic heterocycles. The van der Waals surface area contributed by atoms with Gasteiger partial charge in [-0.05, 0) is 60.7 Å². The molecule has 1 aromatic heterocycles. The molecule has 0 unspecified atom stereocenters. The minimum atomic E-state index is -3.70. The maximum absolute atomic E-state index is 13.9. The van der Waals surface area contributed by atoms with Gasteiger partial charge in [0.15, 0.2) is 5.13 Å². The van der Waals surface area contributed by atoms with Crippen LogP contribution in [0.4, 0.5) is 5.13 Å². The molecule has 1 amide bonds. The number of anilines is 1. The van der Waals surface area contributed by atoms with E-state index in [4.69, 9.17) is 9.72 Å². The third-order valence-electron chi connectivity index (χ3n) is 6.21. The van der Waals surface area contributed by atoms with E-state index < -0.39 is 10.0 Å². The van der Waals surface area contributed by atoms with E-state index in [0.29, 0.717) is 48.2 Å². The smallest absolute Gasteiger partial charge is 0.260 e. The molecule has 0 spiro atoms. The quantitative estimate of drug-likeness (QED) is 0.184. The van der Waals surface area contributed by atoms with Crippen LogP contribution in [-0.4, -0.2) is 43.3 Å². The van der Waals surface area contributed by atoms with Gasteiger partial charge in [0.05, 0.1) is 22.7 Å². The molecule has 0 atom stereocenters. The number of sulfonamides is 1. The van der Waals surface area contributed by atoms with E-state index >= 15 is 0 Å². The van der Waals surface area contributed by atoms with Crippen LogP contribution in [0.2, 0.25) is 0 Å². The van der Waals surface area contributed by atoms with Crippen molar-refractivity contribution in [2.24, 2.45) is 11.8 Å². The number of rotatable bonds is 12. The molecular formula is C31H37N3O4S2. The van der Waals surface area contributed by atoms with Gasteiger partial charge in [0.1, 0.15) is 11.3 Å². The molecule has 0 saturated carbocycles. The van der Waals surface area contributed by atoms with Crippen LogP contribution in [0.5, 0.6) is 5.75 Å². The Labute approximate surface area is 241 Å². The van der Waals surface area contributed by atoms with Gasteiger partial charge in [-0.1, -0.05) is 75.4 Å². The summed E-state index contributed by atoms with van der Waals surface area (Å²) < 4.78 is 35.2. The van der Waals surface area contributed by atoms with Crippen LogP contribution >= 0.6 is 11.3 Å². The number of amides is 1. The van der Waals surface area contributed by atoms with Crippen molar-refractivity contribution < 1.29 is 17.9 Å². The molecule has 0 aliphatic carbocycles. The first-order valence-electron chi connectivity index (χ1n) is 13.6. The largest absolute Gasteiger partial charge is 0.492 e. The van der Waals surface area contributed by atoms with Gasteiger partial charge in [0.2, 0.25) is 10.0 Å². The van der Waals surface area contributed by atoms with Gasteiger partial charge in [-0.3, -0.25) is 9.69 Å². The predicted molar refractivity (Wildman–Crippen MR) is 163 cm³/mol. The fraction of sp³-hybridized carbons (Fsp3) is 0.355. The summed E-state index contributed by atoms with van der Waals surface area (Å²) in [6.07, 6.45) is 0. The monoisotopic (exact) mass is 579 g/mol. The highest BCUT2D eigenvalue weighted by molar-refractivity contribution is 7.89. The molecule has 3 aromatic carbocycles. The third-order valence-corrected chi connectivity index (χ3v) is 9.10. The number of carbonyl (C=O) groups is 1. The van der Waals surface area contributed by atoms with Crippen LogP contribution in [0.15, 0.2) is 77.7 Å². The zero-order valence-electron chi connectivity index (χ0n) is 23.7. The van der Waals surface area contributed by atoms with Crippen molar-refractivity contribution in [3.8, 4) is 5.75 Å². The number of thiazole rings is 1. The van der Waals surface area contributed by atoms with Crippen LogP contribution in [-0.2, 0) is 16.6 Å². The maximum Gasteiger partial charge on any atom is 0.260 e. The van der Waals surface area contributed by atoms with Gasteiger partial charge in [-0.15, -0.1) is 0 Å². The Hall–Kier alpha value is -3.27. The zero-order chi connectivity index (χ0) is 28.9. The third kappa shape index (κ3) is 6.89. The minimum Gasteiger partial charge on any atom is -0.492 e. The van der Waals surface area contributed by atoms with Crippen molar-refractivity contribution in [1.29, 1.82) is 0 Å². The van der Waals surface area contributed by atoms with E-state index in [1.54, 1.807) is 17.0 Å². The molecule has 212 valence electrons. The molecule has 1 heterocycles. The Morgan fingerprint density at radius 2 is 1.55 bits per heavy atom. The summed E-state index contributed by atoms with van der Waals surface area (Å²) in [7, 11) is -3.70. The average molecular weight is 580 g/mol. The lowest BCUT2D eigenvalue weighted by Crippen LogP contribution is -2.37. The number of fused-ring (bicyclic) bond motifs is 1. The number of hydrogen-bond donors (Lipinski definition) is 0. The van der Waals surface area contributed by atoms with Crippen LogP contribution in [0.1, 0.15) is 50.5 Å². The van der Waals surface area contributed by atoms with Crippen LogP contribution in [0, 0.1) is 11.8 Å². The zero-order valence-corrected chi connectivity index (χ0v) is 25.3. The fourth-order valence-corrected chi connectivity index (χ4v) is 7.20. The van der Waals surface area contributed by atoms with E-state index in [1.165, 1.54) is 27.8 Å². The molecule has 0 radical (unpaired) electrons. The first-order valence-corrected chi connectivity index (χ1v) is 15.8. The molecule has 0 fully saturated rings. The lowest BCUT2D eigenvalue weighted by atomic mass is 10.1. The second-order valence-electron chi connectivity index (χ2n) is 10.5. The van der Waals surface area contributed by atoms with E-state index in [-0.39, 0.29) is 22.6 Å². The Morgan fingerprint density at radius 1 is 0.900 bits per heavy atom. The summed E-state index contributed by atoms with van der Waals surface area (Å²) in [6, 6.07) is 21.7. The first kappa shape index (κ1) is 29.7. The molecular weight excluding hydrogens is 542 g/mol. The summed E-state index contributed by atoms with van der Waals surface area (Å²) >= 11 is 1.42. The molecule has 9 heteroatoms. The molecule has 0 aliphatic rings. The minimum absolute atomic E-state index is 0.182. The van der Waals surface area contributed by atoms with Gasteiger partial charge in [0.25, 0.3) is 5.91 Å². The van der Waals surface area contributed by atoms with Crippen LogP contribution in [0.3, 0.4) is 0 Å². The molecule has 4 rings (SSSR count). The van der Waals surface area contributed by atoms with Crippen molar-refractivity contribution in [2.45, 2.75) is 46.1 Å². The molecule has 0 bridgehead atoms. The number of benzene rings is 3. The molecule has 7 nitrogen and oxygen atoms in total. The van der Waals surface area contributed by atoms with Crippen molar-refractivity contribution in [3.05, 3.63) is 83.9 Å². The lowest BCUT2D eigenvalue weighted by molar-refractivity contribution is 0.0985. The highest BCUT2D eigenvalue weighted by atomic mass is 32.2.